The lowest BCUT2D eigenvalue weighted by molar-refractivity contribution is -0.137. The number of nitrogens with one attached hydrogen (secondary N) is 1. The molecule has 0 radical (unpaired) electrons. The number of carbonyl (C=O) groups excluding carboxylic acids is 1. The topological polar surface area (TPSA) is 84.6 Å². The molecule has 3 aromatic rings. The van der Waals surface area contributed by atoms with E-state index in [9.17, 15) is 23.1 Å². The van der Waals surface area contributed by atoms with Crippen LogP contribution in [0.15, 0.2) is 72.8 Å². The summed E-state index contributed by atoms with van der Waals surface area (Å²) >= 11 is 0. The number of nitrogens with two attached hydrogens (primary N) is 1. The molecule has 0 unspecified atom stereocenters. The number of primary amides is 1. The first-order valence-corrected chi connectivity index (χ1v) is 9.89. The fraction of sp³-hybridized carbons (Fsp3) is 0.208. The van der Waals surface area contributed by atoms with Gasteiger partial charge in [-0.1, -0.05) is 36.4 Å². The molecule has 5 nitrogen and oxygen atoms in total. The number of alkyl halides is 3. The number of phenols is 1. The summed E-state index contributed by atoms with van der Waals surface area (Å²) in [6.45, 7) is 0.553. The van der Waals surface area contributed by atoms with Gasteiger partial charge in [-0.25, -0.2) is 0 Å². The van der Waals surface area contributed by atoms with Crippen molar-refractivity contribution >= 4 is 5.91 Å². The molecule has 1 atom stereocenters. The lowest BCUT2D eigenvalue weighted by Gasteiger charge is -2.16. The van der Waals surface area contributed by atoms with Gasteiger partial charge >= 0.3 is 6.18 Å². The predicted octanol–water partition coefficient (Wildman–Crippen LogP) is 4.18. The Morgan fingerprint density at radius 3 is 2.03 bits per heavy atom. The fourth-order valence-corrected chi connectivity index (χ4v) is 3.04. The summed E-state index contributed by atoms with van der Waals surface area (Å²) in [4.78, 5) is 11.8. The quantitative estimate of drug-likeness (QED) is 0.462. The average molecular weight is 444 g/mol. The zero-order valence-corrected chi connectivity index (χ0v) is 17.1. The molecule has 4 N–H and O–H groups in total. The number of aromatic hydroxyl groups is 1. The maximum atomic E-state index is 12.6. The largest absolute Gasteiger partial charge is 0.508 e. The van der Waals surface area contributed by atoms with Crippen molar-refractivity contribution in [1.29, 1.82) is 0 Å². The first kappa shape index (κ1) is 23.1. The number of halogens is 3. The number of amides is 1. The van der Waals surface area contributed by atoms with Crippen LogP contribution in [0.5, 0.6) is 11.5 Å². The van der Waals surface area contributed by atoms with E-state index >= 15 is 0 Å². The number of carbonyl (C=O) groups is 1. The van der Waals surface area contributed by atoms with E-state index in [-0.39, 0.29) is 12.4 Å². The van der Waals surface area contributed by atoms with E-state index in [0.29, 0.717) is 24.3 Å². The molecule has 0 aliphatic rings. The molecule has 3 aromatic carbocycles. The van der Waals surface area contributed by atoms with Gasteiger partial charge in [-0.3, -0.25) is 4.79 Å². The molecule has 32 heavy (non-hydrogen) atoms. The van der Waals surface area contributed by atoms with Crippen LogP contribution in [0, 0.1) is 0 Å². The van der Waals surface area contributed by atoms with E-state index in [4.69, 9.17) is 10.5 Å². The lowest BCUT2D eigenvalue weighted by atomic mass is 10.0. The minimum Gasteiger partial charge on any atom is -0.508 e. The van der Waals surface area contributed by atoms with E-state index in [1.165, 1.54) is 12.1 Å². The Bertz CT molecular complexity index is 1020. The normalized spacial score (nSPS) is 12.3. The molecular weight excluding hydrogens is 421 g/mol. The highest BCUT2D eigenvalue weighted by atomic mass is 19.4. The van der Waals surface area contributed by atoms with E-state index in [2.05, 4.69) is 5.32 Å². The molecule has 0 saturated carbocycles. The zero-order valence-electron chi connectivity index (χ0n) is 17.1. The van der Waals surface area contributed by atoms with Crippen LogP contribution < -0.4 is 15.8 Å². The van der Waals surface area contributed by atoms with Gasteiger partial charge in [0.1, 0.15) is 18.1 Å². The van der Waals surface area contributed by atoms with Crippen LogP contribution in [-0.4, -0.2) is 17.1 Å². The summed E-state index contributed by atoms with van der Waals surface area (Å²) in [7, 11) is 0. The van der Waals surface area contributed by atoms with Crippen LogP contribution in [0.1, 0.15) is 22.3 Å². The molecule has 8 heteroatoms. The molecule has 0 saturated heterocycles. The second-order valence-electron chi connectivity index (χ2n) is 7.33. The maximum absolute atomic E-state index is 12.6. The molecule has 168 valence electrons. The fourth-order valence-electron chi connectivity index (χ4n) is 3.04. The van der Waals surface area contributed by atoms with E-state index < -0.39 is 23.7 Å². The molecule has 0 aliphatic heterocycles. The number of ether oxygens (including phenoxy) is 1. The highest BCUT2D eigenvalue weighted by Gasteiger charge is 2.29. The minimum atomic E-state index is -4.36. The number of rotatable bonds is 9. The zero-order chi connectivity index (χ0) is 23.1. The number of hydrogen-bond acceptors (Lipinski definition) is 4. The van der Waals surface area contributed by atoms with Gasteiger partial charge < -0.3 is 20.9 Å². The van der Waals surface area contributed by atoms with Crippen LogP contribution in [0.4, 0.5) is 13.2 Å². The van der Waals surface area contributed by atoms with Gasteiger partial charge in [-0.2, -0.15) is 13.2 Å². The summed E-state index contributed by atoms with van der Waals surface area (Å²) in [5.74, 6) is 0.247. The van der Waals surface area contributed by atoms with Crippen molar-refractivity contribution in [2.45, 2.75) is 31.8 Å². The van der Waals surface area contributed by atoms with Crippen LogP contribution in [0.2, 0.25) is 0 Å². The molecular formula is C24H23F3N2O3. The molecule has 0 aliphatic carbocycles. The monoisotopic (exact) mass is 444 g/mol. The van der Waals surface area contributed by atoms with Crippen LogP contribution in [-0.2, 0) is 30.5 Å². The third kappa shape index (κ3) is 6.75. The predicted molar refractivity (Wildman–Crippen MR) is 114 cm³/mol. The van der Waals surface area contributed by atoms with E-state index in [1.807, 2.05) is 12.1 Å². The Balaban J connectivity index is 1.51. The van der Waals surface area contributed by atoms with Crippen LogP contribution >= 0.6 is 0 Å². The number of hydrogen-bond donors (Lipinski definition) is 3. The summed E-state index contributed by atoms with van der Waals surface area (Å²) < 4.78 is 43.5. The molecule has 0 bridgehead atoms. The first-order chi connectivity index (χ1) is 15.2. The molecule has 1 amide bonds. The van der Waals surface area contributed by atoms with Gasteiger partial charge in [0, 0.05) is 6.54 Å². The standard InChI is InChI=1S/C24H23F3N2O3/c25-24(26,27)19-7-1-18(2-8-19)15-32-21-11-5-17(6-12-21)14-29-22(23(28)31)13-16-3-9-20(30)10-4-16/h1-12,22,29-30H,13-15H2,(H2,28,31)/t22-/m0/s1. The Morgan fingerprint density at radius 2 is 1.47 bits per heavy atom. The average Bonchev–Trinajstić information content (AvgIpc) is 2.76. The summed E-state index contributed by atoms with van der Waals surface area (Å²) in [6.07, 6.45) is -3.97. The number of benzene rings is 3. The van der Waals surface area contributed by atoms with Crippen LogP contribution in [0.25, 0.3) is 0 Å². The van der Waals surface area contributed by atoms with Gasteiger partial charge in [0.05, 0.1) is 11.6 Å². The summed E-state index contributed by atoms with van der Waals surface area (Å²) in [6, 6.07) is 18.0. The minimum absolute atomic E-state index is 0.145. The van der Waals surface area contributed by atoms with Gasteiger partial charge in [0.2, 0.25) is 5.91 Å². The van der Waals surface area contributed by atoms with Crippen LogP contribution in [0.3, 0.4) is 0 Å². The molecule has 0 spiro atoms. The van der Waals surface area contributed by atoms with Gasteiger partial charge in [0.25, 0.3) is 0 Å². The van der Waals surface area contributed by atoms with Crippen molar-refractivity contribution < 1.29 is 27.8 Å². The Hall–Kier alpha value is -3.52. The third-order valence-corrected chi connectivity index (χ3v) is 4.88. The highest BCUT2D eigenvalue weighted by Crippen LogP contribution is 2.29. The van der Waals surface area contributed by atoms with E-state index in [0.717, 1.165) is 23.3 Å². The Labute approximate surface area is 183 Å². The highest BCUT2D eigenvalue weighted by molar-refractivity contribution is 5.80. The van der Waals surface area contributed by atoms with E-state index in [1.54, 1.807) is 36.4 Å². The van der Waals surface area contributed by atoms with Gasteiger partial charge in [-0.15, -0.1) is 0 Å². The molecule has 0 heterocycles. The molecule has 0 fully saturated rings. The van der Waals surface area contributed by atoms with Gasteiger partial charge in [0.15, 0.2) is 0 Å². The van der Waals surface area contributed by atoms with Crippen molar-refractivity contribution in [3.05, 3.63) is 95.1 Å². The van der Waals surface area contributed by atoms with Crippen molar-refractivity contribution in [1.82, 2.24) is 5.32 Å². The first-order valence-electron chi connectivity index (χ1n) is 9.89. The second kappa shape index (κ2) is 10.2. The third-order valence-electron chi connectivity index (χ3n) is 4.88. The lowest BCUT2D eigenvalue weighted by Crippen LogP contribution is -2.42. The Morgan fingerprint density at radius 1 is 0.906 bits per heavy atom. The van der Waals surface area contributed by atoms with Crippen molar-refractivity contribution in [3.8, 4) is 11.5 Å². The van der Waals surface area contributed by atoms with Crippen molar-refractivity contribution in [2.75, 3.05) is 0 Å². The van der Waals surface area contributed by atoms with Crippen molar-refractivity contribution in [2.24, 2.45) is 5.73 Å². The summed E-state index contributed by atoms with van der Waals surface area (Å²) in [5, 5.41) is 12.5. The second-order valence-corrected chi connectivity index (χ2v) is 7.33. The Kier molecular flexibility index (Phi) is 7.37. The smallest absolute Gasteiger partial charge is 0.416 e. The molecule has 3 rings (SSSR count). The summed E-state index contributed by atoms with van der Waals surface area (Å²) in [5.41, 5.74) is 7.20. The molecule has 0 aromatic heterocycles. The maximum Gasteiger partial charge on any atom is 0.416 e. The van der Waals surface area contributed by atoms with Gasteiger partial charge in [-0.05, 0) is 59.5 Å². The number of phenolic OH excluding ortho intramolecular Hbond substituents is 1. The SMILES string of the molecule is NC(=O)[C@H](Cc1ccc(O)cc1)NCc1ccc(OCc2ccc(C(F)(F)F)cc2)cc1. The van der Waals surface area contributed by atoms with Crippen molar-refractivity contribution in [3.63, 3.8) is 0 Å².